The number of carboxylic acids is 1. The van der Waals surface area contributed by atoms with Gasteiger partial charge in [0.2, 0.25) is 5.88 Å². The third-order valence-electron chi connectivity index (χ3n) is 5.68. The SMILES string of the molecule is Cc1ccccc1[C@H](CC(=O)O)NC(=O)c1cc(OCC2CCCO2)n(-c2ccccc2F)n1. The molecule has 3 aromatic rings. The number of amides is 1. The average Bonchev–Trinajstić information content (AvgIpc) is 3.48. The number of nitrogens with zero attached hydrogens (tertiary/aromatic N) is 2. The first-order valence-corrected chi connectivity index (χ1v) is 11.1. The van der Waals surface area contributed by atoms with Crippen molar-refractivity contribution in [3.63, 3.8) is 0 Å². The lowest BCUT2D eigenvalue weighted by Gasteiger charge is -2.18. The number of hydrogen-bond acceptors (Lipinski definition) is 5. The van der Waals surface area contributed by atoms with Gasteiger partial charge in [-0.1, -0.05) is 36.4 Å². The first-order chi connectivity index (χ1) is 16.4. The van der Waals surface area contributed by atoms with E-state index in [4.69, 9.17) is 9.47 Å². The predicted octanol–water partition coefficient (Wildman–Crippen LogP) is 3.82. The number of nitrogens with one attached hydrogen (secondary N) is 1. The van der Waals surface area contributed by atoms with E-state index in [-0.39, 0.29) is 36.4 Å². The molecule has 1 aliphatic heterocycles. The number of ether oxygens (including phenoxy) is 2. The van der Waals surface area contributed by atoms with Crippen LogP contribution >= 0.6 is 0 Å². The summed E-state index contributed by atoms with van der Waals surface area (Å²) >= 11 is 0. The van der Waals surface area contributed by atoms with Gasteiger partial charge in [0, 0.05) is 12.7 Å². The van der Waals surface area contributed by atoms with Crippen molar-refractivity contribution >= 4 is 11.9 Å². The number of aromatic nitrogens is 2. The van der Waals surface area contributed by atoms with Crippen LogP contribution in [0.3, 0.4) is 0 Å². The Morgan fingerprint density at radius 3 is 2.74 bits per heavy atom. The van der Waals surface area contributed by atoms with E-state index in [2.05, 4.69) is 10.4 Å². The summed E-state index contributed by atoms with van der Waals surface area (Å²) in [6.45, 7) is 2.75. The number of halogens is 1. The van der Waals surface area contributed by atoms with E-state index in [9.17, 15) is 19.1 Å². The van der Waals surface area contributed by atoms with Crippen molar-refractivity contribution in [1.82, 2.24) is 15.1 Å². The van der Waals surface area contributed by atoms with E-state index in [1.54, 1.807) is 24.3 Å². The van der Waals surface area contributed by atoms with Crippen LogP contribution < -0.4 is 10.1 Å². The van der Waals surface area contributed by atoms with Gasteiger partial charge in [-0.25, -0.2) is 4.39 Å². The fourth-order valence-electron chi connectivity index (χ4n) is 3.95. The number of aryl methyl sites for hydroxylation is 1. The van der Waals surface area contributed by atoms with E-state index in [0.29, 0.717) is 12.2 Å². The predicted molar refractivity (Wildman–Crippen MR) is 122 cm³/mol. The molecule has 2 aromatic carbocycles. The molecule has 1 saturated heterocycles. The van der Waals surface area contributed by atoms with Crippen LogP contribution in [0.2, 0.25) is 0 Å². The Kier molecular flexibility index (Phi) is 7.22. The van der Waals surface area contributed by atoms with Gasteiger partial charge >= 0.3 is 5.97 Å². The van der Waals surface area contributed by atoms with Crippen molar-refractivity contribution in [1.29, 1.82) is 0 Å². The number of para-hydroxylation sites is 1. The topological polar surface area (TPSA) is 103 Å². The molecule has 178 valence electrons. The highest BCUT2D eigenvalue weighted by atomic mass is 19.1. The second kappa shape index (κ2) is 10.5. The van der Waals surface area contributed by atoms with Gasteiger partial charge in [0.25, 0.3) is 5.91 Å². The van der Waals surface area contributed by atoms with E-state index in [1.807, 2.05) is 19.1 Å². The largest absolute Gasteiger partial charge is 0.481 e. The summed E-state index contributed by atoms with van der Waals surface area (Å²) in [6.07, 6.45) is 1.42. The lowest BCUT2D eigenvalue weighted by atomic mass is 9.98. The van der Waals surface area contributed by atoms with Crippen LogP contribution in [-0.4, -0.2) is 46.1 Å². The lowest BCUT2D eigenvalue weighted by molar-refractivity contribution is -0.137. The van der Waals surface area contributed by atoms with Crippen LogP contribution in [0.15, 0.2) is 54.6 Å². The van der Waals surface area contributed by atoms with Crippen LogP contribution in [0, 0.1) is 12.7 Å². The fourth-order valence-corrected chi connectivity index (χ4v) is 3.95. The molecule has 0 bridgehead atoms. The zero-order chi connectivity index (χ0) is 24.1. The van der Waals surface area contributed by atoms with Gasteiger partial charge in [-0.2, -0.15) is 9.78 Å². The van der Waals surface area contributed by atoms with Crippen molar-refractivity contribution in [2.24, 2.45) is 0 Å². The maximum absolute atomic E-state index is 14.5. The third-order valence-corrected chi connectivity index (χ3v) is 5.68. The summed E-state index contributed by atoms with van der Waals surface area (Å²) < 4.78 is 27.2. The normalized spacial score (nSPS) is 16.2. The summed E-state index contributed by atoms with van der Waals surface area (Å²) in [6, 6.07) is 13.9. The van der Waals surface area contributed by atoms with E-state index in [0.717, 1.165) is 18.4 Å². The zero-order valence-corrected chi connectivity index (χ0v) is 18.7. The lowest BCUT2D eigenvalue weighted by Crippen LogP contribution is -2.31. The molecular formula is C25H26FN3O5. The van der Waals surface area contributed by atoms with Gasteiger partial charge in [0.1, 0.15) is 18.1 Å². The molecule has 2 atom stereocenters. The fraction of sp³-hybridized carbons (Fsp3) is 0.320. The van der Waals surface area contributed by atoms with Crippen molar-refractivity contribution in [3.8, 4) is 11.6 Å². The molecule has 34 heavy (non-hydrogen) atoms. The van der Waals surface area contributed by atoms with Gasteiger partial charge in [-0.05, 0) is 43.0 Å². The Balaban J connectivity index is 1.62. The molecule has 0 saturated carbocycles. The van der Waals surface area contributed by atoms with Crippen molar-refractivity contribution in [2.45, 2.75) is 38.3 Å². The molecule has 1 fully saturated rings. The Morgan fingerprint density at radius 1 is 1.26 bits per heavy atom. The number of carbonyl (C=O) groups is 2. The average molecular weight is 467 g/mol. The number of rotatable bonds is 9. The minimum atomic E-state index is -1.05. The second-order valence-electron chi connectivity index (χ2n) is 8.16. The minimum absolute atomic E-state index is 0.0189. The molecule has 0 spiro atoms. The number of carboxylic acid groups (broad SMARTS) is 1. The molecule has 0 aliphatic carbocycles. The van der Waals surface area contributed by atoms with Gasteiger partial charge in [-0.15, -0.1) is 0 Å². The van der Waals surface area contributed by atoms with Crippen molar-refractivity contribution in [2.75, 3.05) is 13.2 Å². The summed E-state index contributed by atoms with van der Waals surface area (Å²) in [7, 11) is 0. The Labute approximate surface area is 196 Å². The molecule has 1 unspecified atom stereocenters. The number of aliphatic carboxylic acids is 1. The number of benzene rings is 2. The summed E-state index contributed by atoms with van der Waals surface area (Å²) in [5, 5.41) is 16.4. The first kappa shape index (κ1) is 23.4. The molecule has 2 heterocycles. The van der Waals surface area contributed by atoms with Crippen LogP contribution in [0.5, 0.6) is 5.88 Å². The Bertz CT molecular complexity index is 1170. The summed E-state index contributed by atoms with van der Waals surface area (Å²) in [4.78, 5) is 24.6. The monoisotopic (exact) mass is 467 g/mol. The van der Waals surface area contributed by atoms with E-state index in [1.165, 1.54) is 22.9 Å². The first-order valence-electron chi connectivity index (χ1n) is 11.1. The van der Waals surface area contributed by atoms with E-state index < -0.39 is 23.7 Å². The van der Waals surface area contributed by atoms with Gasteiger partial charge in [0.05, 0.1) is 18.6 Å². The van der Waals surface area contributed by atoms with Gasteiger partial charge < -0.3 is 19.9 Å². The molecule has 1 aromatic heterocycles. The molecule has 0 radical (unpaired) electrons. The smallest absolute Gasteiger partial charge is 0.305 e. The maximum atomic E-state index is 14.5. The number of carbonyl (C=O) groups excluding carboxylic acids is 1. The van der Waals surface area contributed by atoms with Crippen LogP contribution in [0.25, 0.3) is 5.69 Å². The second-order valence-corrected chi connectivity index (χ2v) is 8.16. The van der Waals surface area contributed by atoms with Crippen molar-refractivity contribution in [3.05, 3.63) is 77.2 Å². The van der Waals surface area contributed by atoms with Gasteiger partial charge in [-0.3, -0.25) is 9.59 Å². The Morgan fingerprint density at radius 2 is 2.03 bits per heavy atom. The third kappa shape index (κ3) is 5.43. The highest BCUT2D eigenvalue weighted by molar-refractivity contribution is 5.93. The summed E-state index contributed by atoms with van der Waals surface area (Å²) in [5.74, 6) is -1.97. The molecule has 9 heteroatoms. The molecule has 1 amide bonds. The van der Waals surface area contributed by atoms with Crippen LogP contribution in [0.4, 0.5) is 4.39 Å². The molecule has 8 nitrogen and oxygen atoms in total. The Hall–Kier alpha value is -3.72. The quantitative estimate of drug-likeness (QED) is 0.496. The highest BCUT2D eigenvalue weighted by Gasteiger charge is 2.25. The van der Waals surface area contributed by atoms with Crippen molar-refractivity contribution < 1.29 is 28.6 Å². The van der Waals surface area contributed by atoms with Crippen LogP contribution in [0.1, 0.15) is 46.9 Å². The van der Waals surface area contributed by atoms with E-state index >= 15 is 0 Å². The highest BCUT2D eigenvalue weighted by Crippen LogP contribution is 2.25. The van der Waals surface area contributed by atoms with Crippen LogP contribution in [-0.2, 0) is 9.53 Å². The molecule has 2 N–H and O–H groups in total. The number of hydrogen-bond donors (Lipinski definition) is 2. The van der Waals surface area contributed by atoms with Gasteiger partial charge in [0.15, 0.2) is 5.69 Å². The molecule has 4 rings (SSSR count). The standard InChI is InChI=1S/C25H26FN3O5/c1-16-7-2-3-9-18(16)20(14-24(30)31)27-25(32)21-13-23(34-15-17-8-6-12-33-17)29(28-21)22-11-5-4-10-19(22)26/h2-5,7,9-11,13,17,20H,6,8,12,14-15H2,1H3,(H,27,32)(H,30,31)/t17?,20-/m0/s1. The minimum Gasteiger partial charge on any atom is -0.481 e. The molecular weight excluding hydrogens is 441 g/mol. The summed E-state index contributed by atoms with van der Waals surface area (Å²) in [5.41, 5.74) is 1.66. The molecule has 1 aliphatic rings. The zero-order valence-electron chi connectivity index (χ0n) is 18.7. The maximum Gasteiger partial charge on any atom is 0.305 e.